The van der Waals surface area contributed by atoms with Gasteiger partial charge in [-0.25, -0.2) is 0 Å². The summed E-state index contributed by atoms with van der Waals surface area (Å²) in [5.41, 5.74) is 4.54. The van der Waals surface area contributed by atoms with E-state index in [9.17, 15) is 0 Å². The molecule has 3 rings (SSSR count). The van der Waals surface area contributed by atoms with E-state index in [2.05, 4.69) is 45.5 Å². The van der Waals surface area contributed by atoms with Crippen molar-refractivity contribution in [1.29, 1.82) is 0 Å². The van der Waals surface area contributed by atoms with Crippen molar-refractivity contribution in [3.05, 3.63) is 28.8 Å². The summed E-state index contributed by atoms with van der Waals surface area (Å²) in [4.78, 5) is 0. The van der Waals surface area contributed by atoms with Crippen LogP contribution in [0.3, 0.4) is 0 Å². The highest BCUT2D eigenvalue weighted by molar-refractivity contribution is 7.60. The summed E-state index contributed by atoms with van der Waals surface area (Å²) < 4.78 is 6.30. The zero-order valence-corrected chi connectivity index (χ0v) is 21.2. The fourth-order valence-electron chi connectivity index (χ4n) is 6.19. The summed E-state index contributed by atoms with van der Waals surface area (Å²) in [7, 11) is 1.92. The van der Waals surface area contributed by atoms with Gasteiger partial charge in [-0.2, -0.15) is 0 Å². The third-order valence-electron chi connectivity index (χ3n) is 8.34. The molecule has 0 spiro atoms. The highest BCUT2D eigenvalue weighted by Crippen LogP contribution is 2.48. The Balaban J connectivity index is 2.03. The van der Waals surface area contributed by atoms with Gasteiger partial charge in [-0.3, -0.25) is 0 Å². The Morgan fingerprint density at radius 3 is 2.13 bits per heavy atom. The van der Waals surface area contributed by atoms with Gasteiger partial charge >= 0.3 is 0 Å². The monoisotopic (exact) mass is 431 g/mol. The normalized spacial score (nSPS) is 23.5. The van der Waals surface area contributed by atoms with E-state index in [1.165, 1.54) is 99.5 Å². The lowest BCUT2D eigenvalue weighted by atomic mass is 9.73. The standard InChI is InChI=1S/C28H46OS/c1-5-8-13-21-14-12-17-23(18-21)26-20-24(28(30,6-2)7-3)19-25(27(26)29-4)22-15-10-9-11-16-22/h19-23,30H,5-18H2,1-4H3/p+1. The van der Waals surface area contributed by atoms with Crippen molar-refractivity contribution >= 4 is 12.6 Å². The van der Waals surface area contributed by atoms with Crippen molar-refractivity contribution in [2.24, 2.45) is 5.92 Å². The third-order valence-corrected chi connectivity index (χ3v) is 9.34. The van der Waals surface area contributed by atoms with Gasteiger partial charge in [0.1, 0.15) is 10.5 Å². The fourth-order valence-corrected chi connectivity index (χ4v) is 6.34. The molecule has 2 aliphatic rings. The molecule has 2 unspecified atom stereocenters. The minimum atomic E-state index is 0.0840. The predicted octanol–water partition coefficient (Wildman–Crippen LogP) is 8.23. The quantitative estimate of drug-likeness (QED) is 0.358. The van der Waals surface area contributed by atoms with Crippen molar-refractivity contribution < 1.29 is 4.74 Å². The average Bonchev–Trinajstić information content (AvgIpc) is 2.82. The minimum Gasteiger partial charge on any atom is -0.496 e. The van der Waals surface area contributed by atoms with Crippen molar-refractivity contribution in [3.8, 4) is 5.75 Å². The summed E-state index contributed by atoms with van der Waals surface area (Å²) >= 11 is 4.22. The Bertz CT molecular complexity index is 657. The van der Waals surface area contributed by atoms with E-state index in [-0.39, 0.29) is 4.75 Å². The molecule has 1 aromatic carbocycles. The topological polar surface area (TPSA) is 9.23 Å². The van der Waals surface area contributed by atoms with Crippen LogP contribution in [0.1, 0.15) is 139 Å². The second-order valence-electron chi connectivity index (χ2n) is 10.2. The first-order valence-corrected chi connectivity index (χ1v) is 13.5. The SMILES string of the molecule is CCCCC1CCCC(c2cc(C([SH2+])(CC)CC)cc(C3CCCCC3)c2OC)C1. The molecule has 2 saturated carbocycles. The predicted molar refractivity (Wildman–Crippen MR) is 135 cm³/mol. The smallest absolute Gasteiger partial charge is 0.148 e. The Kier molecular flexibility index (Phi) is 9.05. The molecule has 0 heterocycles. The number of hydrogen-bond donors (Lipinski definition) is 0. The second-order valence-corrected chi connectivity index (χ2v) is 11.1. The summed E-state index contributed by atoms with van der Waals surface area (Å²) in [5, 5.41) is 0. The molecule has 170 valence electrons. The lowest BCUT2D eigenvalue weighted by Crippen LogP contribution is -2.23. The van der Waals surface area contributed by atoms with E-state index in [1.807, 2.05) is 7.11 Å². The first-order chi connectivity index (χ1) is 14.6. The van der Waals surface area contributed by atoms with E-state index < -0.39 is 0 Å². The Morgan fingerprint density at radius 2 is 1.53 bits per heavy atom. The number of hydrogen-bond acceptors (Lipinski definition) is 1. The Labute approximate surface area is 192 Å². The molecule has 0 N–H and O–H groups in total. The first kappa shape index (κ1) is 24.0. The van der Waals surface area contributed by atoms with Crippen LogP contribution in [0.15, 0.2) is 12.1 Å². The van der Waals surface area contributed by atoms with Crippen molar-refractivity contribution in [3.63, 3.8) is 0 Å². The maximum atomic E-state index is 6.22. The van der Waals surface area contributed by atoms with Crippen LogP contribution in [0.2, 0.25) is 0 Å². The highest BCUT2D eigenvalue weighted by atomic mass is 32.1. The number of unbranched alkanes of at least 4 members (excludes halogenated alkanes) is 1. The van der Waals surface area contributed by atoms with Gasteiger partial charge in [0, 0.05) is 5.56 Å². The zero-order chi connectivity index (χ0) is 21.6. The second kappa shape index (κ2) is 11.3. The maximum absolute atomic E-state index is 6.22. The zero-order valence-electron chi connectivity index (χ0n) is 20.2. The molecule has 2 heteroatoms. The van der Waals surface area contributed by atoms with Crippen molar-refractivity contribution in [1.82, 2.24) is 0 Å². The molecule has 0 aromatic heterocycles. The molecule has 0 aliphatic heterocycles. The van der Waals surface area contributed by atoms with Gasteiger partial charge in [0.25, 0.3) is 0 Å². The first-order valence-electron chi connectivity index (χ1n) is 13.0. The van der Waals surface area contributed by atoms with E-state index in [0.29, 0.717) is 11.8 Å². The maximum Gasteiger partial charge on any atom is 0.148 e. The average molecular weight is 432 g/mol. The van der Waals surface area contributed by atoms with Gasteiger partial charge in [-0.1, -0.05) is 72.1 Å². The van der Waals surface area contributed by atoms with Crippen LogP contribution in [-0.4, -0.2) is 7.11 Å². The molecular weight excluding hydrogens is 384 g/mol. The number of benzene rings is 1. The van der Waals surface area contributed by atoms with E-state index in [4.69, 9.17) is 4.74 Å². The summed E-state index contributed by atoms with van der Waals surface area (Å²) in [6.07, 6.45) is 18.7. The molecule has 1 nitrogen and oxygen atoms in total. The van der Waals surface area contributed by atoms with Crippen LogP contribution in [0, 0.1) is 5.92 Å². The molecular formula is C28H47OS+. The van der Waals surface area contributed by atoms with Crippen LogP contribution in [0.5, 0.6) is 5.75 Å². The van der Waals surface area contributed by atoms with Crippen LogP contribution in [0.25, 0.3) is 0 Å². The van der Waals surface area contributed by atoms with Gasteiger partial charge in [-0.15, -0.1) is 0 Å². The molecule has 2 atom stereocenters. The molecule has 2 aliphatic carbocycles. The summed E-state index contributed by atoms with van der Waals surface area (Å²) in [5.74, 6) is 3.49. The van der Waals surface area contributed by atoms with Gasteiger partial charge in [-0.05, 0) is 92.2 Å². The third kappa shape index (κ3) is 5.40. The van der Waals surface area contributed by atoms with Crippen LogP contribution in [-0.2, 0) is 17.4 Å². The van der Waals surface area contributed by atoms with Gasteiger partial charge in [0.15, 0.2) is 0 Å². The molecule has 0 bridgehead atoms. The largest absolute Gasteiger partial charge is 0.496 e. The van der Waals surface area contributed by atoms with Crippen molar-refractivity contribution in [2.75, 3.05) is 7.11 Å². The van der Waals surface area contributed by atoms with E-state index in [0.717, 1.165) is 18.8 Å². The van der Waals surface area contributed by atoms with Gasteiger partial charge in [0.05, 0.1) is 7.11 Å². The Hall–Kier alpha value is -0.630. The van der Waals surface area contributed by atoms with Crippen LogP contribution in [0.4, 0.5) is 0 Å². The number of rotatable bonds is 9. The van der Waals surface area contributed by atoms with Gasteiger partial charge < -0.3 is 4.74 Å². The molecule has 30 heavy (non-hydrogen) atoms. The van der Waals surface area contributed by atoms with E-state index in [1.54, 1.807) is 0 Å². The van der Waals surface area contributed by atoms with Gasteiger partial charge in [0.2, 0.25) is 0 Å². The Morgan fingerprint density at radius 1 is 0.900 bits per heavy atom. The lowest BCUT2D eigenvalue weighted by molar-refractivity contribution is 0.292. The molecule has 0 amide bonds. The van der Waals surface area contributed by atoms with Crippen LogP contribution < -0.4 is 4.74 Å². The summed E-state index contributed by atoms with van der Waals surface area (Å²) in [6.45, 7) is 6.97. The molecule has 0 radical (unpaired) electrons. The van der Waals surface area contributed by atoms with Crippen molar-refractivity contribution in [2.45, 2.75) is 127 Å². The molecule has 0 saturated heterocycles. The van der Waals surface area contributed by atoms with Crippen LogP contribution >= 0.6 is 0 Å². The highest BCUT2D eigenvalue weighted by Gasteiger charge is 2.35. The fraction of sp³-hybridized carbons (Fsp3) is 0.786. The minimum absolute atomic E-state index is 0.0840. The molecule has 2 fully saturated rings. The number of methoxy groups -OCH3 is 1. The lowest BCUT2D eigenvalue weighted by Gasteiger charge is -2.34. The number of ether oxygens (including phenoxy) is 1. The summed E-state index contributed by atoms with van der Waals surface area (Å²) in [6, 6.07) is 5.06. The van der Waals surface area contributed by atoms with E-state index >= 15 is 0 Å². The molecule has 1 aromatic rings.